The molecule has 1 aromatic rings. The van der Waals surface area contributed by atoms with Crippen LogP contribution in [0, 0.1) is 0 Å². The van der Waals surface area contributed by atoms with Gasteiger partial charge in [-0.2, -0.15) is 0 Å². The number of likely N-dealkylation sites (N-methyl/N-ethyl adjacent to an activating group) is 1. The molecule has 1 heterocycles. The molecule has 1 aliphatic rings. The Balaban J connectivity index is 2.23. The van der Waals surface area contributed by atoms with Gasteiger partial charge in [-0.1, -0.05) is 5.21 Å². The number of carbonyl (C=O) groups excluding carboxylic acids is 1. The number of hydrogen-bond acceptors (Lipinski definition) is 4. The largest absolute Gasteiger partial charge is 0.476 e. The van der Waals surface area contributed by atoms with Crippen molar-refractivity contribution in [3.8, 4) is 0 Å². The first kappa shape index (κ1) is 12.5. The van der Waals surface area contributed by atoms with Crippen LogP contribution in [-0.2, 0) is 11.3 Å². The SMILES string of the molecule is CCN(C)C(=O)Cn1nnc(C(=O)O)c1C1CC1. The lowest BCUT2D eigenvalue weighted by Gasteiger charge is -2.14. The van der Waals surface area contributed by atoms with E-state index in [1.807, 2.05) is 6.92 Å². The minimum atomic E-state index is -1.08. The fourth-order valence-electron chi connectivity index (χ4n) is 1.78. The van der Waals surface area contributed by atoms with E-state index in [1.54, 1.807) is 11.9 Å². The van der Waals surface area contributed by atoms with Crippen molar-refractivity contribution < 1.29 is 14.7 Å². The molecule has 18 heavy (non-hydrogen) atoms. The summed E-state index contributed by atoms with van der Waals surface area (Å²) >= 11 is 0. The summed E-state index contributed by atoms with van der Waals surface area (Å²) in [5.74, 6) is -0.994. The molecular weight excluding hydrogens is 236 g/mol. The number of aromatic nitrogens is 3. The zero-order chi connectivity index (χ0) is 13.3. The Morgan fingerprint density at radius 2 is 2.17 bits per heavy atom. The van der Waals surface area contributed by atoms with Crippen LogP contribution in [0.1, 0.15) is 41.9 Å². The van der Waals surface area contributed by atoms with E-state index >= 15 is 0 Å². The van der Waals surface area contributed by atoms with E-state index in [2.05, 4.69) is 10.3 Å². The number of hydrogen-bond donors (Lipinski definition) is 1. The maximum Gasteiger partial charge on any atom is 0.358 e. The molecule has 0 spiro atoms. The van der Waals surface area contributed by atoms with E-state index < -0.39 is 5.97 Å². The highest BCUT2D eigenvalue weighted by Crippen LogP contribution is 2.41. The summed E-state index contributed by atoms with van der Waals surface area (Å²) in [6.45, 7) is 2.54. The van der Waals surface area contributed by atoms with Crippen LogP contribution in [0.25, 0.3) is 0 Å². The molecule has 1 aromatic heterocycles. The van der Waals surface area contributed by atoms with Gasteiger partial charge in [0.05, 0.1) is 5.69 Å². The number of rotatable bonds is 5. The maximum atomic E-state index is 11.8. The van der Waals surface area contributed by atoms with Gasteiger partial charge >= 0.3 is 5.97 Å². The minimum Gasteiger partial charge on any atom is -0.476 e. The highest BCUT2D eigenvalue weighted by atomic mass is 16.4. The number of carbonyl (C=O) groups is 2. The van der Waals surface area contributed by atoms with Gasteiger partial charge in [0, 0.05) is 19.5 Å². The Hall–Kier alpha value is -1.92. The molecule has 98 valence electrons. The molecule has 7 heteroatoms. The predicted octanol–water partition coefficient (Wildman–Crippen LogP) is 0.332. The molecule has 2 rings (SSSR count). The van der Waals surface area contributed by atoms with Gasteiger partial charge in [0.1, 0.15) is 6.54 Å². The first-order valence-electron chi connectivity index (χ1n) is 5.95. The van der Waals surface area contributed by atoms with Crippen LogP contribution in [0.4, 0.5) is 0 Å². The smallest absolute Gasteiger partial charge is 0.358 e. The number of carboxylic acid groups (broad SMARTS) is 1. The van der Waals surface area contributed by atoms with Crippen LogP contribution in [0.5, 0.6) is 0 Å². The third-order valence-corrected chi connectivity index (χ3v) is 3.13. The van der Waals surface area contributed by atoms with Crippen LogP contribution in [0.2, 0.25) is 0 Å². The molecule has 1 N–H and O–H groups in total. The van der Waals surface area contributed by atoms with Crippen molar-refractivity contribution in [2.24, 2.45) is 0 Å². The third-order valence-electron chi connectivity index (χ3n) is 3.13. The first-order valence-corrected chi connectivity index (χ1v) is 5.95. The van der Waals surface area contributed by atoms with E-state index in [1.165, 1.54) is 4.68 Å². The molecule has 1 amide bonds. The van der Waals surface area contributed by atoms with Crippen molar-refractivity contribution >= 4 is 11.9 Å². The van der Waals surface area contributed by atoms with Gasteiger partial charge in [0.2, 0.25) is 5.91 Å². The topological polar surface area (TPSA) is 88.3 Å². The van der Waals surface area contributed by atoms with E-state index in [9.17, 15) is 9.59 Å². The second-order valence-corrected chi connectivity index (χ2v) is 4.47. The van der Waals surface area contributed by atoms with Gasteiger partial charge < -0.3 is 10.0 Å². The van der Waals surface area contributed by atoms with Crippen molar-refractivity contribution in [3.63, 3.8) is 0 Å². The van der Waals surface area contributed by atoms with E-state index in [4.69, 9.17) is 5.11 Å². The average molecular weight is 252 g/mol. The van der Waals surface area contributed by atoms with Gasteiger partial charge in [-0.15, -0.1) is 5.10 Å². The maximum absolute atomic E-state index is 11.8. The highest BCUT2D eigenvalue weighted by Gasteiger charge is 2.34. The molecule has 1 fully saturated rings. The lowest BCUT2D eigenvalue weighted by molar-refractivity contribution is -0.130. The van der Waals surface area contributed by atoms with Crippen molar-refractivity contribution in [3.05, 3.63) is 11.4 Å². The fraction of sp³-hybridized carbons (Fsp3) is 0.636. The van der Waals surface area contributed by atoms with Crippen molar-refractivity contribution in [2.45, 2.75) is 32.2 Å². The summed E-state index contributed by atoms with van der Waals surface area (Å²) in [6, 6.07) is 0. The molecule has 0 unspecified atom stereocenters. The Kier molecular flexibility index (Phi) is 3.31. The molecule has 7 nitrogen and oxygen atoms in total. The molecule has 1 saturated carbocycles. The fourth-order valence-corrected chi connectivity index (χ4v) is 1.78. The van der Waals surface area contributed by atoms with Gasteiger partial charge in [-0.25, -0.2) is 9.48 Å². The molecule has 0 saturated heterocycles. The molecule has 0 aliphatic heterocycles. The first-order chi connectivity index (χ1) is 8.54. The molecule has 1 aliphatic carbocycles. The number of nitrogens with zero attached hydrogens (tertiary/aromatic N) is 4. The summed E-state index contributed by atoms with van der Waals surface area (Å²) in [5.41, 5.74) is 0.560. The zero-order valence-electron chi connectivity index (χ0n) is 10.5. The highest BCUT2D eigenvalue weighted by molar-refractivity contribution is 5.87. The minimum absolute atomic E-state index is 0.0237. The van der Waals surface area contributed by atoms with Crippen molar-refractivity contribution in [1.29, 1.82) is 0 Å². The van der Waals surface area contributed by atoms with Gasteiger partial charge in [0.25, 0.3) is 0 Å². The summed E-state index contributed by atoms with van der Waals surface area (Å²) in [5, 5.41) is 16.5. The lowest BCUT2D eigenvalue weighted by Crippen LogP contribution is -2.30. The summed E-state index contributed by atoms with van der Waals surface area (Å²) in [7, 11) is 1.70. The van der Waals surface area contributed by atoms with Gasteiger partial charge in [0.15, 0.2) is 5.69 Å². The Labute approximate surface area is 104 Å². The zero-order valence-corrected chi connectivity index (χ0v) is 10.5. The molecular formula is C11H16N4O3. The van der Waals surface area contributed by atoms with Crippen molar-refractivity contribution in [2.75, 3.05) is 13.6 Å². The quantitative estimate of drug-likeness (QED) is 0.816. The normalized spacial score (nSPS) is 14.6. The lowest BCUT2D eigenvalue weighted by atomic mass is 10.2. The summed E-state index contributed by atoms with van der Waals surface area (Å²) in [4.78, 5) is 24.4. The average Bonchev–Trinajstić information content (AvgIpc) is 3.09. The molecule has 0 aromatic carbocycles. The second kappa shape index (κ2) is 4.75. The van der Waals surface area contributed by atoms with Crippen LogP contribution in [0.15, 0.2) is 0 Å². The summed E-state index contributed by atoms with van der Waals surface area (Å²) < 4.78 is 1.43. The van der Waals surface area contributed by atoms with Crippen LogP contribution >= 0.6 is 0 Å². The standard InChI is InChI=1S/C11H16N4O3/c1-3-14(2)8(16)6-15-10(7-4-5-7)9(11(17)18)12-13-15/h7H,3-6H2,1-2H3,(H,17,18). The Bertz CT molecular complexity index is 479. The summed E-state index contributed by atoms with van der Waals surface area (Å²) in [6.07, 6.45) is 1.87. The van der Waals surface area contributed by atoms with Crippen molar-refractivity contribution in [1.82, 2.24) is 19.9 Å². The number of carboxylic acids is 1. The third kappa shape index (κ3) is 2.34. The van der Waals surface area contributed by atoms with Gasteiger partial charge in [-0.3, -0.25) is 4.79 Å². The Morgan fingerprint density at radius 3 is 2.67 bits per heavy atom. The monoisotopic (exact) mass is 252 g/mol. The van der Waals surface area contributed by atoms with Crippen LogP contribution in [-0.4, -0.2) is 50.5 Å². The van der Waals surface area contributed by atoms with E-state index in [0.717, 1.165) is 12.8 Å². The van der Waals surface area contributed by atoms with E-state index in [0.29, 0.717) is 12.2 Å². The molecule has 0 atom stereocenters. The van der Waals surface area contributed by atoms with Crippen LogP contribution in [0.3, 0.4) is 0 Å². The molecule has 0 bridgehead atoms. The van der Waals surface area contributed by atoms with Crippen LogP contribution < -0.4 is 0 Å². The van der Waals surface area contributed by atoms with Gasteiger partial charge in [-0.05, 0) is 19.8 Å². The Morgan fingerprint density at radius 1 is 1.50 bits per heavy atom. The van der Waals surface area contributed by atoms with E-state index in [-0.39, 0.29) is 24.1 Å². The second-order valence-electron chi connectivity index (χ2n) is 4.47. The predicted molar refractivity (Wildman–Crippen MR) is 62.3 cm³/mol. The number of aromatic carboxylic acids is 1. The molecule has 0 radical (unpaired) electrons. The number of amides is 1.